The minimum absolute atomic E-state index is 0.0213. The van der Waals surface area contributed by atoms with Crippen molar-refractivity contribution < 1.29 is 9.59 Å². The molecule has 5 nitrogen and oxygen atoms in total. The topological polar surface area (TPSA) is 61.4 Å². The Morgan fingerprint density at radius 3 is 2.50 bits per heavy atom. The first-order chi connectivity index (χ1) is 8.54. The van der Waals surface area contributed by atoms with Crippen molar-refractivity contribution in [1.29, 1.82) is 0 Å². The molecule has 0 unspecified atom stereocenters. The predicted octanol–water partition coefficient (Wildman–Crippen LogP) is 1.12. The summed E-state index contributed by atoms with van der Waals surface area (Å²) in [5.41, 5.74) is 0. The van der Waals surface area contributed by atoms with Crippen LogP contribution >= 0.6 is 0 Å². The van der Waals surface area contributed by atoms with E-state index in [1.807, 2.05) is 13.8 Å². The first kappa shape index (κ1) is 14.5. The number of hydrogen-bond acceptors (Lipinski definition) is 2. The van der Waals surface area contributed by atoms with Gasteiger partial charge in [0.2, 0.25) is 5.91 Å². The average Bonchev–Trinajstić information content (AvgIpc) is 2.35. The van der Waals surface area contributed by atoms with E-state index in [1.54, 1.807) is 11.0 Å². The van der Waals surface area contributed by atoms with E-state index in [-0.39, 0.29) is 23.9 Å². The van der Waals surface area contributed by atoms with E-state index >= 15 is 0 Å². The van der Waals surface area contributed by atoms with Crippen molar-refractivity contribution in [2.24, 2.45) is 5.92 Å². The fraction of sp³-hybridized carbons (Fsp3) is 0.692. The van der Waals surface area contributed by atoms with Crippen LogP contribution in [-0.2, 0) is 4.79 Å². The van der Waals surface area contributed by atoms with Gasteiger partial charge in [0, 0.05) is 31.6 Å². The summed E-state index contributed by atoms with van der Waals surface area (Å²) in [5, 5.41) is 5.67. The number of likely N-dealkylation sites (tertiary alicyclic amines) is 1. The monoisotopic (exact) mass is 253 g/mol. The zero-order valence-corrected chi connectivity index (χ0v) is 11.2. The minimum atomic E-state index is -0.0325. The lowest BCUT2D eigenvalue weighted by Gasteiger charge is -2.31. The molecule has 1 fully saturated rings. The normalized spacial score (nSPS) is 16.5. The van der Waals surface area contributed by atoms with Crippen molar-refractivity contribution >= 4 is 11.9 Å². The molecule has 0 saturated carbocycles. The number of carbonyl (C=O) groups excluding carboxylic acids is 2. The zero-order chi connectivity index (χ0) is 13.5. The molecule has 3 amide bonds. The zero-order valence-electron chi connectivity index (χ0n) is 11.2. The van der Waals surface area contributed by atoms with Gasteiger partial charge in [-0.3, -0.25) is 4.79 Å². The Morgan fingerprint density at radius 1 is 1.39 bits per heavy atom. The summed E-state index contributed by atoms with van der Waals surface area (Å²) < 4.78 is 0. The number of nitrogens with one attached hydrogen (secondary N) is 2. The molecule has 0 aromatic heterocycles. The Balaban J connectivity index is 2.34. The Hall–Kier alpha value is -1.52. The highest BCUT2D eigenvalue weighted by atomic mass is 16.2. The van der Waals surface area contributed by atoms with Crippen molar-refractivity contribution in [3.63, 3.8) is 0 Å². The smallest absolute Gasteiger partial charge is 0.317 e. The highest BCUT2D eigenvalue weighted by molar-refractivity contribution is 5.79. The molecule has 0 aromatic rings. The fourth-order valence-electron chi connectivity index (χ4n) is 2.00. The van der Waals surface area contributed by atoms with Crippen LogP contribution in [-0.4, -0.2) is 42.5 Å². The molecular formula is C13H23N3O2. The van der Waals surface area contributed by atoms with E-state index < -0.39 is 0 Å². The van der Waals surface area contributed by atoms with Gasteiger partial charge in [-0.1, -0.05) is 6.08 Å². The second kappa shape index (κ2) is 7.03. The van der Waals surface area contributed by atoms with Gasteiger partial charge in [-0.05, 0) is 26.7 Å². The van der Waals surface area contributed by atoms with Crippen LogP contribution in [0.2, 0.25) is 0 Å². The van der Waals surface area contributed by atoms with Gasteiger partial charge in [0.05, 0.1) is 0 Å². The summed E-state index contributed by atoms with van der Waals surface area (Å²) in [6.45, 7) is 9.23. The number of rotatable bonds is 4. The van der Waals surface area contributed by atoms with Gasteiger partial charge < -0.3 is 15.5 Å². The maximum Gasteiger partial charge on any atom is 0.317 e. The second-order valence-electron chi connectivity index (χ2n) is 4.90. The van der Waals surface area contributed by atoms with E-state index in [1.165, 1.54) is 0 Å². The van der Waals surface area contributed by atoms with Gasteiger partial charge >= 0.3 is 6.03 Å². The number of hydrogen-bond donors (Lipinski definition) is 2. The molecule has 18 heavy (non-hydrogen) atoms. The van der Waals surface area contributed by atoms with Crippen molar-refractivity contribution in [3.05, 3.63) is 12.7 Å². The lowest BCUT2D eigenvalue weighted by molar-refractivity contribution is -0.126. The number of carbonyl (C=O) groups is 2. The number of urea groups is 1. The highest BCUT2D eigenvalue weighted by Gasteiger charge is 2.26. The molecule has 1 aliphatic heterocycles. The summed E-state index contributed by atoms with van der Waals surface area (Å²) in [6.07, 6.45) is 3.13. The predicted molar refractivity (Wildman–Crippen MR) is 71.2 cm³/mol. The van der Waals surface area contributed by atoms with Crippen molar-refractivity contribution in [2.75, 3.05) is 19.6 Å². The van der Waals surface area contributed by atoms with Crippen LogP contribution in [0.5, 0.6) is 0 Å². The molecular weight excluding hydrogens is 230 g/mol. The minimum Gasteiger partial charge on any atom is -0.352 e. The molecule has 0 atom stereocenters. The van der Waals surface area contributed by atoms with E-state index in [9.17, 15) is 9.59 Å². The van der Waals surface area contributed by atoms with Crippen LogP contribution in [0.3, 0.4) is 0 Å². The summed E-state index contributed by atoms with van der Waals surface area (Å²) in [7, 11) is 0. The van der Waals surface area contributed by atoms with Gasteiger partial charge in [0.25, 0.3) is 0 Å². The molecule has 1 rings (SSSR count). The Bertz CT molecular complexity index is 307. The molecule has 0 radical (unpaired) electrons. The SMILES string of the molecule is C=CCNC(=O)C1CCN(C(=O)NC(C)C)CC1. The average molecular weight is 253 g/mol. The van der Waals surface area contributed by atoms with E-state index in [0.29, 0.717) is 19.6 Å². The third kappa shape index (κ3) is 4.39. The van der Waals surface area contributed by atoms with E-state index in [2.05, 4.69) is 17.2 Å². The first-order valence-corrected chi connectivity index (χ1v) is 6.48. The highest BCUT2D eigenvalue weighted by Crippen LogP contribution is 2.17. The molecule has 0 aliphatic carbocycles. The molecule has 1 saturated heterocycles. The first-order valence-electron chi connectivity index (χ1n) is 6.48. The van der Waals surface area contributed by atoms with Crippen LogP contribution in [0.15, 0.2) is 12.7 Å². The number of nitrogens with zero attached hydrogens (tertiary/aromatic N) is 1. The van der Waals surface area contributed by atoms with Gasteiger partial charge in [0.1, 0.15) is 0 Å². The summed E-state index contributed by atoms with van der Waals surface area (Å²) in [4.78, 5) is 25.3. The van der Waals surface area contributed by atoms with Gasteiger partial charge in [-0.25, -0.2) is 4.79 Å². The third-order valence-corrected chi connectivity index (χ3v) is 2.99. The van der Waals surface area contributed by atoms with Gasteiger partial charge in [-0.2, -0.15) is 0 Å². The van der Waals surface area contributed by atoms with Crippen molar-refractivity contribution in [1.82, 2.24) is 15.5 Å². The molecule has 0 aromatic carbocycles. The largest absolute Gasteiger partial charge is 0.352 e. The molecule has 0 spiro atoms. The van der Waals surface area contributed by atoms with Crippen LogP contribution in [0.4, 0.5) is 4.79 Å². The quantitative estimate of drug-likeness (QED) is 0.738. The third-order valence-electron chi connectivity index (χ3n) is 2.99. The fourth-order valence-corrected chi connectivity index (χ4v) is 2.00. The van der Waals surface area contributed by atoms with Gasteiger partial charge in [-0.15, -0.1) is 6.58 Å². The molecule has 102 valence electrons. The summed E-state index contributed by atoms with van der Waals surface area (Å²) in [5.74, 6) is 0.0897. The van der Waals surface area contributed by atoms with Crippen LogP contribution in [0, 0.1) is 5.92 Å². The summed E-state index contributed by atoms with van der Waals surface area (Å²) >= 11 is 0. The Morgan fingerprint density at radius 2 is 2.00 bits per heavy atom. The maximum absolute atomic E-state index is 11.8. The Labute approximate surface area is 109 Å². The van der Waals surface area contributed by atoms with Crippen LogP contribution < -0.4 is 10.6 Å². The van der Waals surface area contributed by atoms with Crippen molar-refractivity contribution in [3.8, 4) is 0 Å². The maximum atomic E-state index is 11.8. The van der Waals surface area contributed by atoms with E-state index in [0.717, 1.165) is 12.8 Å². The molecule has 2 N–H and O–H groups in total. The lowest BCUT2D eigenvalue weighted by atomic mass is 9.96. The number of amides is 3. The lowest BCUT2D eigenvalue weighted by Crippen LogP contribution is -2.48. The molecule has 5 heteroatoms. The Kier molecular flexibility index (Phi) is 5.68. The van der Waals surface area contributed by atoms with Crippen LogP contribution in [0.1, 0.15) is 26.7 Å². The number of piperidine rings is 1. The molecule has 0 bridgehead atoms. The standard InChI is InChI=1S/C13H23N3O2/c1-4-7-14-12(17)11-5-8-16(9-6-11)13(18)15-10(2)3/h4,10-11H,1,5-9H2,2-3H3,(H,14,17)(H,15,18). The summed E-state index contributed by atoms with van der Waals surface area (Å²) in [6, 6.07) is 0.112. The van der Waals surface area contributed by atoms with Gasteiger partial charge in [0.15, 0.2) is 0 Å². The van der Waals surface area contributed by atoms with Crippen LogP contribution in [0.25, 0.3) is 0 Å². The van der Waals surface area contributed by atoms with Crippen molar-refractivity contribution in [2.45, 2.75) is 32.7 Å². The molecule has 1 aliphatic rings. The van der Waals surface area contributed by atoms with E-state index in [4.69, 9.17) is 0 Å². The second-order valence-corrected chi connectivity index (χ2v) is 4.90. The molecule has 1 heterocycles.